The lowest BCUT2D eigenvalue weighted by atomic mass is 9.92. The first-order valence-corrected chi connectivity index (χ1v) is 11.7. The topological polar surface area (TPSA) is 58.1 Å². The predicted octanol–water partition coefficient (Wildman–Crippen LogP) is 2.78. The lowest BCUT2D eigenvalue weighted by molar-refractivity contribution is 0.0203. The number of hydrogen-bond acceptors (Lipinski definition) is 4. The molecule has 2 heterocycles. The average molecular weight is 395 g/mol. The Hall–Kier alpha value is -0.850. The molecule has 162 valence electrons. The van der Waals surface area contributed by atoms with Crippen molar-refractivity contribution in [3.63, 3.8) is 0 Å². The van der Waals surface area contributed by atoms with Crippen molar-refractivity contribution >= 4 is 5.96 Å². The molecule has 6 heteroatoms. The number of rotatable bonds is 8. The molecule has 28 heavy (non-hydrogen) atoms. The van der Waals surface area contributed by atoms with Gasteiger partial charge in [0, 0.05) is 65.2 Å². The molecule has 0 atom stereocenters. The van der Waals surface area contributed by atoms with Crippen LogP contribution in [-0.4, -0.2) is 76.1 Å². The molecule has 3 fully saturated rings. The Bertz CT molecular complexity index is 440. The minimum atomic E-state index is 0.552. The average Bonchev–Trinajstić information content (AvgIpc) is 2.77. The van der Waals surface area contributed by atoms with E-state index in [0.717, 1.165) is 64.2 Å². The molecule has 2 saturated heterocycles. The van der Waals surface area contributed by atoms with Crippen LogP contribution in [0.25, 0.3) is 0 Å². The number of nitrogens with zero attached hydrogens (tertiary/aromatic N) is 2. The summed E-state index contributed by atoms with van der Waals surface area (Å²) in [5, 5.41) is 7.08. The van der Waals surface area contributed by atoms with Gasteiger partial charge in [-0.05, 0) is 50.9 Å². The van der Waals surface area contributed by atoms with Gasteiger partial charge < -0.3 is 25.0 Å². The fourth-order valence-corrected chi connectivity index (χ4v) is 4.79. The Morgan fingerprint density at radius 2 is 1.79 bits per heavy atom. The Balaban J connectivity index is 1.22. The Morgan fingerprint density at radius 3 is 2.50 bits per heavy atom. The number of ether oxygens (including phenoxy) is 2. The van der Waals surface area contributed by atoms with E-state index in [1.165, 1.54) is 58.0 Å². The maximum Gasteiger partial charge on any atom is 0.191 e. The molecular formula is C22H42N4O2. The van der Waals surface area contributed by atoms with Crippen molar-refractivity contribution in [1.82, 2.24) is 15.5 Å². The molecule has 3 rings (SSSR count). The maximum atomic E-state index is 5.85. The monoisotopic (exact) mass is 394 g/mol. The van der Waals surface area contributed by atoms with Crippen LogP contribution < -0.4 is 10.6 Å². The maximum absolute atomic E-state index is 5.85. The molecule has 0 bridgehead atoms. The van der Waals surface area contributed by atoms with Gasteiger partial charge in [0.1, 0.15) is 0 Å². The highest BCUT2D eigenvalue weighted by atomic mass is 16.5. The number of hydrogen-bond donors (Lipinski definition) is 2. The summed E-state index contributed by atoms with van der Waals surface area (Å²) in [6, 6.07) is 1.41. The van der Waals surface area contributed by atoms with E-state index in [9.17, 15) is 0 Å². The summed E-state index contributed by atoms with van der Waals surface area (Å²) >= 11 is 0. The van der Waals surface area contributed by atoms with E-state index in [1.54, 1.807) is 0 Å². The molecule has 6 nitrogen and oxygen atoms in total. The van der Waals surface area contributed by atoms with Gasteiger partial charge in [-0.2, -0.15) is 0 Å². The molecule has 1 aliphatic carbocycles. The molecule has 1 saturated carbocycles. The summed E-state index contributed by atoms with van der Waals surface area (Å²) in [6.45, 7) is 6.89. The molecule has 0 radical (unpaired) electrons. The Kier molecular flexibility index (Phi) is 9.88. The van der Waals surface area contributed by atoms with Gasteiger partial charge in [0.05, 0.1) is 0 Å². The van der Waals surface area contributed by atoms with Crippen molar-refractivity contribution < 1.29 is 9.47 Å². The van der Waals surface area contributed by atoms with Gasteiger partial charge in [-0.1, -0.05) is 19.3 Å². The normalized spacial score (nSPS) is 24.4. The van der Waals surface area contributed by atoms with Crippen LogP contribution in [0.1, 0.15) is 64.2 Å². The summed E-state index contributed by atoms with van der Waals surface area (Å²) < 4.78 is 11.2. The van der Waals surface area contributed by atoms with Crippen molar-refractivity contribution in [1.29, 1.82) is 0 Å². The number of nitrogens with one attached hydrogen (secondary N) is 2. The molecular weight excluding hydrogens is 352 g/mol. The predicted molar refractivity (Wildman–Crippen MR) is 115 cm³/mol. The second kappa shape index (κ2) is 12.7. The highest BCUT2D eigenvalue weighted by Gasteiger charge is 2.26. The summed E-state index contributed by atoms with van der Waals surface area (Å²) in [7, 11) is 1.87. The van der Waals surface area contributed by atoms with Gasteiger partial charge >= 0.3 is 0 Å². The molecule has 0 aromatic carbocycles. The molecule has 0 aromatic rings. The van der Waals surface area contributed by atoms with Crippen molar-refractivity contribution in [3.8, 4) is 0 Å². The number of aliphatic imine (C=N–C) groups is 1. The third-order valence-electron chi connectivity index (χ3n) is 6.64. The standard InChI is InChI=1S/C22H42N4O2/c1-23-22(24-12-5-15-28-18-19-10-16-27-17-11-19)25-20-8-13-26(14-9-20)21-6-3-2-4-7-21/h19-21H,2-18H2,1H3,(H2,23,24,25). The van der Waals surface area contributed by atoms with E-state index in [2.05, 4.69) is 20.5 Å². The van der Waals surface area contributed by atoms with E-state index in [-0.39, 0.29) is 0 Å². The van der Waals surface area contributed by atoms with Gasteiger partial charge in [-0.3, -0.25) is 4.99 Å². The van der Waals surface area contributed by atoms with E-state index >= 15 is 0 Å². The van der Waals surface area contributed by atoms with Gasteiger partial charge in [0.15, 0.2) is 5.96 Å². The Morgan fingerprint density at radius 1 is 1.04 bits per heavy atom. The molecule has 2 aliphatic heterocycles. The quantitative estimate of drug-likeness (QED) is 0.377. The summed E-state index contributed by atoms with van der Waals surface area (Å²) in [4.78, 5) is 7.15. The Labute approximate surface area is 171 Å². The van der Waals surface area contributed by atoms with Crippen LogP contribution in [0, 0.1) is 5.92 Å². The first-order valence-electron chi connectivity index (χ1n) is 11.7. The van der Waals surface area contributed by atoms with Gasteiger partial charge in [-0.25, -0.2) is 0 Å². The zero-order chi connectivity index (χ0) is 19.4. The molecule has 0 aromatic heterocycles. The van der Waals surface area contributed by atoms with Crippen LogP contribution in [-0.2, 0) is 9.47 Å². The van der Waals surface area contributed by atoms with Crippen LogP contribution in [0.15, 0.2) is 4.99 Å². The lowest BCUT2D eigenvalue weighted by Gasteiger charge is -2.39. The molecule has 0 unspecified atom stereocenters. The fourth-order valence-electron chi connectivity index (χ4n) is 4.79. The highest BCUT2D eigenvalue weighted by Crippen LogP contribution is 2.25. The first kappa shape index (κ1) is 21.8. The number of guanidine groups is 1. The van der Waals surface area contributed by atoms with Gasteiger partial charge in [-0.15, -0.1) is 0 Å². The number of likely N-dealkylation sites (tertiary alicyclic amines) is 1. The fraction of sp³-hybridized carbons (Fsp3) is 0.955. The number of piperidine rings is 1. The van der Waals surface area contributed by atoms with Gasteiger partial charge in [0.25, 0.3) is 0 Å². The van der Waals surface area contributed by atoms with Crippen LogP contribution in [0.4, 0.5) is 0 Å². The summed E-state index contributed by atoms with van der Waals surface area (Å²) in [6.07, 6.45) is 12.9. The third-order valence-corrected chi connectivity index (χ3v) is 6.64. The second-order valence-electron chi connectivity index (χ2n) is 8.73. The van der Waals surface area contributed by atoms with Crippen LogP contribution >= 0.6 is 0 Å². The van der Waals surface area contributed by atoms with Gasteiger partial charge in [0.2, 0.25) is 0 Å². The highest BCUT2D eigenvalue weighted by molar-refractivity contribution is 5.79. The minimum absolute atomic E-state index is 0.552. The van der Waals surface area contributed by atoms with Crippen molar-refractivity contribution in [2.75, 3.05) is 53.1 Å². The molecule has 2 N–H and O–H groups in total. The molecule has 3 aliphatic rings. The largest absolute Gasteiger partial charge is 0.381 e. The third kappa shape index (κ3) is 7.53. The summed E-state index contributed by atoms with van der Waals surface area (Å²) in [5.74, 6) is 1.64. The van der Waals surface area contributed by atoms with Crippen LogP contribution in [0.3, 0.4) is 0 Å². The van der Waals surface area contributed by atoms with Crippen LogP contribution in [0.5, 0.6) is 0 Å². The summed E-state index contributed by atoms with van der Waals surface area (Å²) in [5.41, 5.74) is 0. The minimum Gasteiger partial charge on any atom is -0.381 e. The van der Waals surface area contributed by atoms with E-state index in [4.69, 9.17) is 9.47 Å². The smallest absolute Gasteiger partial charge is 0.191 e. The van der Waals surface area contributed by atoms with E-state index < -0.39 is 0 Å². The van der Waals surface area contributed by atoms with E-state index in [1.807, 2.05) is 7.05 Å². The zero-order valence-electron chi connectivity index (χ0n) is 18.0. The van der Waals surface area contributed by atoms with Crippen molar-refractivity contribution in [2.24, 2.45) is 10.9 Å². The van der Waals surface area contributed by atoms with Crippen LogP contribution in [0.2, 0.25) is 0 Å². The SMILES string of the molecule is CN=C(NCCCOCC1CCOCC1)NC1CCN(C2CCCCC2)CC1. The molecule has 0 spiro atoms. The lowest BCUT2D eigenvalue weighted by Crippen LogP contribution is -2.51. The van der Waals surface area contributed by atoms with Crippen molar-refractivity contribution in [3.05, 3.63) is 0 Å². The first-order chi connectivity index (χ1) is 13.8. The van der Waals surface area contributed by atoms with Crippen molar-refractivity contribution in [2.45, 2.75) is 76.3 Å². The van der Waals surface area contributed by atoms with E-state index in [0.29, 0.717) is 12.0 Å². The second-order valence-corrected chi connectivity index (χ2v) is 8.73. The molecule has 0 amide bonds. The zero-order valence-corrected chi connectivity index (χ0v) is 18.0.